The van der Waals surface area contributed by atoms with E-state index in [4.69, 9.17) is 20.9 Å². The number of esters is 1. The van der Waals surface area contributed by atoms with E-state index in [2.05, 4.69) is 10.1 Å². The predicted molar refractivity (Wildman–Crippen MR) is 143 cm³/mol. The molecule has 5 rings (SSSR count). The molecule has 1 fully saturated rings. The molecule has 2 heterocycles. The van der Waals surface area contributed by atoms with Gasteiger partial charge in [0.2, 0.25) is 27.6 Å². The Morgan fingerprint density at radius 1 is 1.08 bits per heavy atom. The van der Waals surface area contributed by atoms with Crippen LogP contribution >= 0.6 is 11.6 Å². The first-order chi connectivity index (χ1) is 18.6. The van der Waals surface area contributed by atoms with Gasteiger partial charge in [-0.1, -0.05) is 53.2 Å². The molecule has 0 saturated carbocycles. The number of piperazine rings is 1. The molecular formula is C27H25ClN4O6S. The van der Waals surface area contributed by atoms with E-state index in [1.165, 1.54) is 13.0 Å². The van der Waals surface area contributed by atoms with Crippen LogP contribution in [0.5, 0.6) is 0 Å². The minimum Gasteiger partial charge on any atom is -0.464 e. The smallest absolute Gasteiger partial charge is 0.302 e. The third kappa shape index (κ3) is 5.65. The molecule has 1 atom stereocenters. The maximum Gasteiger partial charge on any atom is 0.302 e. The highest BCUT2D eigenvalue weighted by molar-refractivity contribution is 7.89. The van der Waals surface area contributed by atoms with Crippen LogP contribution in [0.3, 0.4) is 0 Å². The number of hydrogen-bond acceptors (Lipinski definition) is 8. The van der Waals surface area contributed by atoms with Crippen molar-refractivity contribution in [3.05, 3.63) is 77.1 Å². The van der Waals surface area contributed by atoms with Crippen molar-refractivity contribution >= 4 is 44.3 Å². The SMILES string of the molecule is CC(=O)OCC1C(=O)N(Cc2ccc(-c3noc(C)n3)cc2)CCN1S(=O)(=O)c1ccc2cc(Cl)ccc2c1. The van der Waals surface area contributed by atoms with Gasteiger partial charge in [0.1, 0.15) is 12.6 Å². The highest BCUT2D eigenvalue weighted by Crippen LogP contribution is 2.28. The Morgan fingerprint density at radius 2 is 1.79 bits per heavy atom. The van der Waals surface area contributed by atoms with E-state index in [1.807, 2.05) is 24.3 Å². The number of ether oxygens (including phenoxy) is 1. The van der Waals surface area contributed by atoms with Gasteiger partial charge in [0.25, 0.3) is 0 Å². The number of sulfonamides is 1. The van der Waals surface area contributed by atoms with Crippen LogP contribution in [0.25, 0.3) is 22.2 Å². The molecule has 202 valence electrons. The predicted octanol–water partition coefficient (Wildman–Crippen LogP) is 3.82. The van der Waals surface area contributed by atoms with Crippen molar-refractivity contribution in [3.63, 3.8) is 0 Å². The molecule has 3 aromatic carbocycles. The molecule has 0 radical (unpaired) electrons. The van der Waals surface area contributed by atoms with Crippen molar-refractivity contribution in [3.8, 4) is 11.4 Å². The standard InChI is InChI=1S/C27H25ClN4O6S/c1-17-29-26(30-38-17)20-5-3-19(4-6-20)15-31-11-12-32(25(27(31)34)16-37-18(2)33)39(35,36)24-10-8-21-13-23(28)9-7-22(21)14-24/h3-10,13-14,25H,11-12,15-16H2,1-2H3. The maximum absolute atomic E-state index is 13.7. The lowest BCUT2D eigenvalue weighted by atomic mass is 10.1. The fourth-order valence-electron chi connectivity index (χ4n) is 4.50. The number of carbonyl (C=O) groups is 2. The van der Waals surface area contributed by atoms with Crippen LogP contribution < -0.4 is 0 Å². The molecule has 4 aromatic rings. The van der Waals surface area contributed by atoms with E-state index in [-0.39, 0.29) is 31.1 Å². The highest BCUT2D eigenvalue weighted by atomic mass is 35.5. The van der Waals surface area contributed by atoms with Crippen LogP contribution in [0, 0.1) is 6.92 Å². The van der Waals surface area contributed by atoms with Crippen LogP contribution in [0.15, 0.2) is 70.1 Å². The first-order valence-corrected chi connectivity index (χ1v) is 14.0. The monoisotopic (exact) mass is 568 g/mol. The summed E-state index contributed by atoms with van der Waals surface area (Å²) in [5.74, 6) is -0.129. The van der Waals surface area contributed by atoms with E-state index in [1.54, 1.807) is 42.2 Å². The lowest BCUT2D eigenvalue weighted by Gasteiger charge is -2.39. The molecule has 1 amide bonds. The summed E-state index contributed by atoms with van der Waals surface area (Å²) in [7, 11) is -4.09. The highest BCUT2D eigenvalue weighted by Gasteiger charge is 2.42. The molecule has 1 unspecified atom stereocenters. The Hall–Kier alpha value is -3.80. The second-order valence-corrected chi connectivity index (χ2v) is 11.5. The largest absolute Gasteiger partial charge is 0.464 e. The van der Waals surface area contributed by atoms with Crippen molar-refractivity contribution in [2.75, 3.05) is 19.7 Å². The van der Waals surface area contributed by atoms with Gasteiger partial charge in [0.15, 0.2) is 0 Å². The first kappa shape index (κ1) is 26.8. The van der Waals surface area contributed by atoms with Gasteiger partial charge in [-0.05, 0) is 40.6 Å². The van der Waals surface area contributed by atoms with E-state index < -0.39 is 27.9 Å². The summed E-state index contributed by atoms with van der Waals surface area (Å²) < 4.78 is 38.7. The van der Waals surface area contributed by atoms with Crippen molar-refractivity contribution in [1.82, 2.24) is 19.3 Å². The number of aromatic nitrogens is 2. The minimum atomic E-state index is -4.09. The number of rotatable bonds is 7. The fraction of sp³-hybridized carbons (Fsp3) is 0.259. The average molecular weight is 569 g/mol. The summed E-state index contributed by atoms with van der Waals surface area (Å²) in [6.07, 6.45) is 0. The third-order valence-corrected chi connectivity index (χ3v) is 8.61. The number of aryl methyl sites for hydroxylation is 1. The zero-order valence-corrected chi connectivity index (χ0v) is 22.8. The Kier molecular flexibility index (Phi) is 7.39. The Balaban J connectivity index is 1.38. The van der Waals surface area contributed by atoms with Crippen LogP contribution in [0.4, 0.5) is 0 Å². The quantitative estimate of drug-likeness (QED) is 0.308. The fourth-order valence-corrected chi connectivity index (χ4v) is 6.28. The summed E-state index contributed by atoms with van der Waals surface area (Å²) in [5, 5.41) is 5.93. The van der Waals surface area contributed by atoms with Crippen molar-refractivity contribution in [2.24, 2.45) is 0 Å². The number of fused-ring (bicyclic) bond motifs is 1. The number of carbonyl (C=O) groups excluding carboxylic acids is 2. The topological polar surface area (TPSA) is 123 Å². The summed E-state index contributed by atoms with van der Waals surface area (Å²) >= 11 is 6.05. The third-order valence-electron chi connectivity index (χ3n) is 6.47. The Morgan fingerprint density at radius 3 is 2.49 bits per heavy atom. The second kappa shape index (κ2) is 10.8. The van der Waals surface area contributed by atoms with E-state index in [0.29, 0.717) is 22.1 Å². The molecule has 0 aliphatic carbocycles. The zero-order chi connectivity index (χ0) is 27.7. The number of benzene rings is 3. The molecule has 0 bridgehead atoms. The van der Waals surface area contributed by atoms with Gasteiger partial charge in [-0.15, -0.1) is 0 Å². The molecule has 0 spiro atoms. The zero-order valence-electron chi connectivity index (χ0n) is 21.2. The van der Waals surface area contributed by atoms with Gasteiger partial charge < -0.3 is 14.2 Å². The molecule has 0 N–H and O–H groups in total. The van der Waals surface area contributed by atoms with Gasteiger partial charge in [-0.2, -0.15) is 9.29 Å². The van der Waals surface area contributed by atoms with E-state index >= 15 is 0 Å². The van der Waals surface area contributed by atoms with Gasteiger partial charge in [-0.25, -0.2) is 8.42 Å². The Bertz CT molecular complexity index is 1650. The Labute approximate surface area is 230 Å². The molecule has 1 aliphatic heterocycles. The number of nitrogens with zero attached hydrogens (tertiary/aromatic N) is 4. The summed E-state index contributed by atoms with van der Waals surface area (Å²) in [6, 6.07) is 16.0. The average Bonchev–Trinajstić information content (AvgIpc) is 3.35. The van der Waals surface area contributed by atoms with Crippen molar-refractivity contribution < 1.29 is 27.3 Å². The van der Waals surface area contributed by atoms with E-state index in [9.17, 15) is 18.0 Å². The van der Waals surface area contributed by atoms with Gasteiger partial charge >= 0.3 is 5.97 Å². The van der Waals surface area contributed by atoms with Crippen LogP contribution in [0.2, 0.25) is 5.02 Å². The van der Waals surface area contributed by atoms with Crippen molar-refractivity contribution in [2.45, 2.75) is 31.3 Å². The summed E-state index contributed by atoms with van der Waals surface area (Å²) in [5.41, 5.74) is 1.60. The van der Waals surface area contributed by atoms with Crippen LogP contribution in [0.1, 0.15) is 18.4 Å². The summed E-state index contributed by atoms with van der Waals surface area (Å²) in [6.45, 7) is 3.00. The van der Waals surface area contributed by atoms with Gasteiger partial charge in [0, 0.05) is 44.1 Å². The number of hydrogen-bond donors (Lipinski definition) is 0. The number of amides is 1. The first-order valence-electron chi connectivity index (χ1n) is 12.1. The number of halogens is 1. The van der Waals surface area contributed by atoms with Gasteiger partial charge in [-0.3, -0.25) is 9.59 Å². The van der Waals surface area contributed by atoms with E-state index in [0.717, 1.165) is 20.8 Å². The van der Waals surface area contributed by atoms with Crippen LogP contribution in [-0.4, -0.2) is 65.4 Å². The molecule has 10 nitrogen and oxygen atoms in total. The van der Waals surface area contributed by atoms with Crippen molar-refractivity contribution in [1.29, 1.82) is 0 Å². The lowest BCUT2D eigenvalue weighted by Crippen LogP contribution is -2.60. The molecule has 12 heteroatoms. The second-order valence-electron chi connectivity index (χ2n) is 9.18. The van der Waals surface area contributed by atoms with Gasteiger partial charge in [0.05, 0.1) is 4.90 Å². The minimum absolute atomic E-state index is 0.0405. The summed E-state index contributed by atoms with van der Waals surface area (Å²) in [4.78, 5) is 30.9. The normalized spacial score (nSPS) is 16.5. The molecule has 1 aromatic heterocycles. The maximum atomic E-state index is 13.7. The molecule has 1 aliphatic rings. The molecule has 1 saturated heterocycles. The molecular weight excluding hydrogens is 544 g/mol. The lowest BCUT2D eigenvalue weighted by molar-refractivity contribution is -0.149. The molecule has 39 heavy (non-hydrogen) atoms. The van der Waals surface area contributed by atoms with Crippen LogP contribution in [-0.2, 0) is 30.9 Å².